The highest BCUT2D eigenvalue weighted by atomic mass is 19.1. The average Bonchev–Trinajstić information content (AvgIpc) is 3.08. The molecular weight excluding hydrogens is 338 g/mol. The predicted octanol–water partition coefficient (Wildman–Crippen LogP) is 3.84. The molecule has 0 atom stereocenters. The molecule has 0 bridgehead atoms. The van der Waals surface area contributed by atoms with E-state index < -0.39 is 11.7 Å². The summed E-state index contributed by atoms with van der Waals surface area (Å²) in [5.74, 6) is -1.43. The molecular formula is C19H14F2N4O. The Hall–Kier alpha value is -3.53. The van der Waals surface area contributed by atoms with Gasteiger partial charge in [-0.25, -0.2) is 13.5 Å². The fourth-order valence-corrected chi connectivity index (χ4v) is 2.60. The quantitative estimate of drug-likeness (QED) is 0.776. The van der Waals surface area contributed by atoms with Gasteiger partial charge in [-0.3, -0.25) is 4.79 Å². The van der Waals surface area contributed by atoms with Crippen LogP contribution in [0.4, 0.5) is 14.5 Å². The SMILES string of the molecule is CCc1c(C(=O)Nc2ccc(F)c(C#N)c2)cnn1-c1ccc(F)cc1. The van der Waals surface area contributed by atoms with Crippen LogP contribution in [0.25, 0.3) is 5.69 Å². The molecule has 2 aromatic carbocycles. The first kappa shape index (κ1) is 17.3. The smallest absolute Gasteiger partial charge is 0.259 e. The van der Waals surface area contributed by atoms with Crippen molar-refractivity contribution in [3.8, 4) is 11.8 Å². The van der Waals surface area contributed by atoms with Crippen molar-refractivity contribution in [3.63, 3.8) is 0 Å². The first-order valence-corrected chi connectivity index (χ1v) is 7.87. The Labute approximate surface area is 148 Å². The standard InChI is InChI=1S/C19H14F2N4O/c1-2-18-16(11-23-25(18)15-6-3-13(20)4-7-15)19(26)24-14-5-8-17(21)12(9-14)10-22/h3-9,11H,2H2,1H3,(H,24,26). The van der Waals surface area contributed by atoms with E-state index in [1.54, 1.807) is 22.9 Å². The van der Waals surface area contributed by atoms with Gasteiger partial charge < -0.3 is 5.32 Å². The Balaban J connectivity index is 1.91. The van der Waals surface area contributed by atoms with Gasteiger partial charge in [0.05, 0.1) is 28.7 Å². The maximum absolute atomic E-state index is 13.4. The Morgan fingerprint density at radius 2 is 1.96 bits per heavy atom. The van der Waals surface area contributed by atoms with Crippen LogP contribution in [0.15, 0.2) is 48.7 Å². The van der Waals surface area contributed by atoms with Gasteiger partial charge in [0.2, 0.25) is 0 Å². The monoisotopic (exact) mass is 352 g/mol. The van der Waals surface area contributed by atoms with Crippen molar-refractivity contribution in [2.45, 2.75) is 13.3 Å². The molecule has 0 fully saturated rings. The van der Waals surface area contributed by atoms with E-state index in [1.807, 2.05) is 6.92 Å². The summed E-state index contributed by atoms with van der Waals surface area (Å²) in [5, 5.41) is 15.7. The summed E-state index contributed by atoms with van der Waals surface area (Å²) in [5.41, 5.74) is 1.79. The number of carbonyl (C=O) groups excluding carboxylic acids is 1. The molecule has 1 N–H and O–H groups in total. The minimum Gasteiger partial charge on any atom is -0.322 e. The lowest BCUT2D eigenvalue weighted by molar-refractivity contribution is 0.102. The Morgan fingerprint density at radius 3 is 2.62 bits per heavy atom. The number of aromatic nitrogens is 2. The van der Waals surface area contributed by atoms with Gasteiger partial charge in [0.25, 0.3) is 5.91 Å². The number of nitrogens with one attached hydrogen (secondary N) is 1. The number of hydrogen-bond donors (Lipinski definition) is 1. The van der Waals surface area contributed by atoms with Crippen LogP contribution < -0.4 is 5.32 Å². The van der Waals surface area contributed by atoms with E-state index in [0.29, 0.717) is 29.1 Å². The van der Waals surface area contributed by atoms with Crippen molar-refractivity contribution < 1.29 is 13.6 Å². The molecule has 1 heterocycles. The summed E-state index contributed by atoms with van der Waals surface area (Å²) in [7, 11) is 0. The number of anilines is 1. The van der Waals surface area contributed by atoms with Crippen LogP contribution in [0.5, 0.6) is 0 Å². The van der Waals surface area contributed by atoms with Crippen LogP contribution in [0, 0.1) is 23.0 Å². The average molecular weight is 352 g/mol. The van der Waals surface area contributed by atoms with Crippen LogP contribution in [-0.2, 0) is 6.42 Å². The van der Waals surface area contributed by atoms with Crippen LogP contribution in [0.2, 0.25) is 0 Å². The van der Waals surface area contributed by atoms with E-state index in [0.717, 1.165) is 6.07 Å². The zero-order valence-electron chi connectivity index (χ0n) is 13.8. The van der Waals surface area contributed by atoms with Crippen LogP contribution in [0.1, 0.15) is 28.5 Å². The maximum atomic E-state index is 13.4. The van der Waals surface area contributed by atoms with Gasteiger partial charge in [0.1, 0.15) is 17.7 Å². The van der Waals surface area contributed by atoms with Gasteiger partial charge in [-0.15, -0.1) is 0 Å². The summed E-state index contributed by atoms with van der Waals surface area (Å²) >= 11 is 0. The molecule has 0 saturated heterocycles. The number of rotatable bonds is 4. The Morgan fingerprint density at radius 1 is 1.23 bits per heavy atom. The highest BCUT2D eigenvalue weighted by Gasteiger charge is 2.18. The van der Waals surface area contributed by atoms with Gasteiger partial charge in [-0.1, -0.05) is 6.92 Å². The summed E-state index contributed by atoms with van der Waals surface area (Å²) in [6, 6.07) is 11.3. The number of halogens is 2. The highest BCUT2D eigenvalue weighted by molar-refractivity contribution is 6.05. The zero-order valence-corrected chi connectivity index (χ0v) is 13.8. The molecule has 3 aromatic rings. The topological polar surface area (TPSA) is 70.7 Å². The predicted molar refractivity (Wildman–Crippen MR) is 92.0 cm³/mol. The molecule has 0 unspecified atom stereocenters. The number of nitrogens with zero attached hydrogens (tertiary/aromatic N) is 3. The fraction of sp³-hybridized carbons (Fsp3) is 0.105. The van der Waals surface area contributed by atoms with Gasteiger partial charge in [0.15, 0.2) is 0 Å². The molecule has 0 spiro atoms. The van der Waals surface area contributed by atoms with Crippen molar-refractivity contribution in [1.29, 1.82) is 5.26 Å². The number of amides is 1. The van der Waals surface area contributed by atoms with E-state index in [9.17, 15) is 13.6 Å². The van der Waals surface area contributed by atoms with E-state index in [1.165, 1.54) is 30.5 Å². The first-order valence-electron chi connectivity index (χ1n) is 7.87. The number of hydrogen-bond acceptors (Lipinski definition) is 3. The lowest BCUT2D eigenvalue weighted by Gasteiger charge is -2.09. The van der Waals surface area contributed by atoms with E-state index in [4.69, 9.17) is 5.26 Å². The van der Waals surface area contributed by atoms with Crippen molar-refractivity contribution in [3.05, 3.63) is 77.1 Å². The largest absolute Gasteiger partial charge is 0.322 e. The minimum atomic E-state index is -0.649. The normalized spacial score (nSPS) is 10.4. The molecule has 7 heteroatoms. The van der Waals surface area contributed by atoms with E-state index >= 15 is 0 Å². The van der Waals surface area contributed by atoms with Crippen molar-refractivity contribution >= 4 is 11.6 Å². The summed E-state index contributed by atoms with van der Waals surface area (Å²) in [6.45, 7) is 1.87. The molecule has 0 aliphatic rings. The second-order valence-electron chi connectivity index (χ2n) is 5.51. The highest BCUT2D eigenvalue weighted by Crippen LogP contribution is 2.19. The van der Waals surface area contributed by atoms with Gasteiger partial charge in [0, 0.05) is 5.69 Å². The fourth-order valence-electron chi connectivity index (χ4n) is 2.60. The van der Waals surface area contributed by atoms with Crippen molar-refractivity contribution in [2.24, 2.45) is 0 Å². The third-order valence-corrected chi connectivity index (χ3v) is 3.86. The second kappa shape index (κ2) is 7.15. The Kier molecular flexibility index (Phi) is 4.76. The second-order valence-corrected chi connectivity index (χ2v) is 5.51. The molecule has 130 valence electrons. The number of nitriles is 1. The molecule has 5 nitrogen and oxygen atoms in total. The molecule has 0 aliphatic heterocycles. The molecule has 1 amide bonds. The molecule has 0 aliphatic carbocycles. The van der Waals surface area contributed by atoms with Crippen LogP contribution in [0.3, 0.4) is 0 Å². The first-order chi connectivity index (χ1) is 12.5. The summed E-state index contributed by atoms with van der Waals surface area (Å²) in [4.78, 5) is 12.6. The van der Waals surface area contributed by atoms with Gasteiger partial charge in [-0.2, -0.15) is 10.4 Å². The summed E-state index contributed by atoms with van der Waals surface area (Å²) in [6.07, 6.45) is 1.94. The third kappa shape index (κ3) is 3.30. The van der Waals surface area contributed by atoms with E-state index in [-0.39, 0.29) is 11.4 Å². The van der Waals surface area contributed by atoms with Crippen molar-refractivity contribution in [1.82, 2.24) is 9.78 Å². The zero-order chi connectivity index (χ0) is 18.7. The number of carbonyl (C=O) groups is 1. The lowest BCUT2D eigenvalue weighted by Crippen LogP contribution is -2.14. The Bertz CT molecular complexity index is 1000. The van der Waals surface area contributed by atoms with Crippen molar-refractivity contribution in [2.75, 3.05) is 5.32 Å². The number of benzene rings is 2. The minimum absolute atomic E-state index is 0.152. The van der Waals surface area contributed by atoms with E-state index in [2.05, 4.69) is 10.4 Å². The van der Waals surface area contributed by atoms with Crippen LogP contribution >= 0.6 is 0 Å². The maximum Gasteiger partial charge on any atom is 0.259 e. The molecule has 0 radical (unpaired) electrons. The third-order valence-electron chi connectivity index (χ3n) is 3.86. The molecule has 0 saturated carbocycles. The lowest BCUT2D eigenvalue weighted by atomic mass is 10.1. The molecule has 3 rings (SSSR count). The van der Waals surface area contributed by atoms with Crippen LogP contribution in [-0.4, -0.2) is 15.7 Å². The summed E-state index contributed by atoms with van der Waals surface area (Å²) < 4.78 is 28.1. The van der Waals surface area contributed by atoms with Gasteiger partial charge in [-0.05, 0) is 48.9 Å². The van der Waals surface area contributed by atoms with Gasteiger partial charge >= 0.3 is 0 Å². The molecule has 26 heavy (non-hydrogen) atoms. The molecule has 1 aromatic heterocycles.